The normalized spacial score (nSPS) is 10.6. The zero-order chi connectivity index (χ0) is 18.0. The smallest absolute Gasteiger partial charge is 0.313 e. The molecule has 2 N–H and O–H groups in total. The summed E-state index contributed by atoms with van der Waals surface area (Å²) in [5.74, 6) is -1.31. The van der Waals surface area contributed by atoms with Crippen molar-refractivity contribution >= 4 is 11.7 Å². The van der Waals surface area contributed by atoms with Crippen LogP contribution in [0.5, 0.6) is 0 Å². The molecule has 1 amide bonds. The lowest BCUT2D eigenvalue weighted by Crippen LogP contribution is -2.39. The van der Waals surface area contributed by atoms with E-state index in [-0.39, 0.29) is 23.5 Å². The maximum absolute atomic E-state index is 13.8. The van der Waals surface area contributed by atoms with Crippen LogP contribution >= 0.6 is 0 Å². The van der Waals surface area contributed by atoms with Gasteiger partial charge in [0, 0.05) is 11.8 Å². The minimum atomic E-state index is -0.862. The Hall–Kier alpha value is -3.56. The Morgan fingerprint density at radius 2 is 2.08 bits per heavy atom. The molecule has 9 nitrogen and oxygen atoms in total. The fourth-order valence-corrected chi connectivity index (χ4v) is 2.13. The topological polar surface area (TPSA) is 123 Å². The highest BCUT2D eigenvalue weighted by molar-refractivity contribution is 6.03. The van der Waals surface area contributed by atoms with E-state index in [2.05, 4.69) is 25.2 Å². The molecular formula is C15H12FN5O4. The third-order valence-electron chi connectivity index (χ3n) is 3.48. The zero-order valence-corrected chi connectivity index (χ0v) is 12.9. The van der Waals surface area contributed by atoms with Crippen LogP contribution in [-0.2, 0) is 6.54 Å². The Morgan fingerprint density at radius 3 is 2.76 bits per heavy atom. The first kappa shape index (κ1) is 16.3. The summed E-state index contributed by atoms with van der Waals surface area (Å²) in [6.07, 6.45) is 0.987. The van der Waals surface area contributed by atoms with Crippen LogP contribution < -0.4 is 16.6 Å². The number of nitrogens with one attached hydrogen (secondary N) is 2. The number of rotatable bonds is 4. The summed E-state index contributed by atoms with van der Waals surface area (Å²) < 4.78 is 18.9. The second-order valence-corrected chi connectivity index (χ2v) is 5.14. The van der Waals surface area contributed by atoms with E-state index >= 15 is 0 Å². The van der Waals surface area contributed by atoms with E-state index < -0.39 is 23.0 Å². The second-order valence-electron chi connectivity index (χ2n) is 5.14. The first-order valence-corrected chi connectivity index (χ1v) is 7.14. The number of anilines is 1. The van der Waals surface area contributed by atoms with Crippen molar-refractivity contribution in [2.24, 2.45) is 0 Å². The van der Waals surface area contributed by atoms with Gasteiger partial charge in [-0.05, 0) is 18.1 Å². The van der Waals surface area contributed by atoms with Crippen molar-refractivity contribution in [3.63, 3.8) is 0 Å². The van der Waals surface area contributed by atoms with E-state index in [9.17, 15) is 18.8 Å². The summed E-state index contributed by atoms with van der Waals surface area (Å²) in [6.45, 7) is 1.24. The molecule has 0 radical (unpaired) electrons. The van der Waals surface area contributed by atoms with Crippen LogP contribution in [0, 0.1) is 12.7 Å². The Morgan fingerprint density at radius 1 is 1.32 bits per heavy atom. The lowest BCUT2D eigenvalue weighted by molar-refractivity contribution is 0.102. The van der Waals surface area contributed by atoms with Gasteiger partial charge in [0.2, 0.25) is 5.82 Å². The molecule has 0 bridgehead atoms. The number of carbonyl (C=O) groups is 1. The number of amides is 1. The molecular weight excluding hydrogens is 333 g/mol. The van der Waals surface area contributed by atoms with Crippen molar-refractivity contribution in [2.75, 3.05) is 5.32 Å². The van der Waals surface area contributed by atoms with E-state index in [1.165, 1.54) is 18.2 Å². The Bertz CT molecular complexity index is 1050. The van der Waals surface area contributed by atoms with Crippen LogP contribution in [0.4, 0.5) is 10.2 Å². The molecule has 128 valence electrons. The molecule has 3 aromatic rings. The summed E-state index contributed by atoms with van der Waals surface area (Å²) in [5.41, 5.74) is -1.49. The number of aryl methyl sites for hydroxylation is 1. The molecule has 2 heterocycles. The molecule has 0 aliphatic heterocycles. The Labute approximate surface area is 139 Å². The summed E-state index contributed by atoms with van der Waals surface area (Å²) >= 11 is 0. The van der Waals surface area contributed by atoms with Gasteiger partial charge in [-0.15, -0.1) is 0 Å². The highest BCUT2D eigenvalue weighted by Gasteiger charge is 2.18. The van der Waals surface area contributed by atoms with E-state index in [0.717, 1.165) is 10.8 Å². The first-order chi connectivity index (χ1) is 12.0. The number of benzene rings is 1. The maximum Gasteiger partial charge on any atom is 0.328 e. The van der Waals surface area contributed by atoms with Crippen molar-refractivity contribution in [3.05, 3.63) is 73.9 Å². The van der Waals surface area contributed by atoms with E-state index in [1.807, 2.05) is 0 Å². The molecule has 3 rings (SSSR count). The maximum atomic E-state index is 13.8. The van der Waals surface area contributed by atoms with Crippen LogP contribution in [0.25, 0.3) is 0 Å². The zero-order valence-electron chi connectivity index (χ0n) is 12.9. The van der Waals surface area contributed by atoms with Gasteiger partial charge in [0.1, 0.15) is 17.1 Å². The summed E-state index contributed by atoms with van der Waals surface area (Å²) in [6, 6.07) is 5.72. The molecule has 0 saturated heterocycles. The molecule has 0 unspecified atom stereocenters. The van der Waals surface area contributed by atoms with Gasteiger partial charge < -0.3 is 10.3 Å². The first-order valence-electron chi connectivity index (χ1n) is 7.14. The largest absolute Gasteiger partial charge is 0.328 e. The van der Waals surface area contributed by atoms with Gasteiger partial charge >= 0.3 is 5.69 Å². The van der Waals surface area contributed by atoms with E-state index in [4.69, 9.17) is 0 Å². The number of aromatic nitrogens is 4. The van der Waals surface area contributed by atoms with Crippen molar-refractivity contribution in [3.8, 4) is 0 Å². The van der Waals surface area contributed by atoms with Crippen LogP contribution in [0.2, 0.25) is 0 Å². The van der Waals surface area contributed by atoms with Gasteiger partial charge in [-0.2, -0.15) is 0 Å². The van der Waals surface area contributed by atoms with E-state index in [1.54, 1.807) is 13.0 Å². The number of hydrogen-bond donors (Lipinski definition) is 2. The molecule has 1 aromatic carbocycles. The van der Waals surface area contributed by atoms with Gasteiger partial charge in [-0.1, -0.05) is 23.4 Å². The summed E-state index contributed by atoms with van der Waals surface area (Å²) in [4.78, 5) is 38.9. The Balaban J connectivity index is 1.96. The minimum Gasteiger partial charge on any atom is -0.313 e. The third kappa shape index (κ3) is 3.22. The van der Waals surface area contributed by atoms with Crippen LogP contribution in [0.15, 0.2) is 44.7 Å². The van der Waals surface area contributed by atoms with Crippen LogP contribution in [-0.4, -0.2) is 25.8 Å². The number of H-pyrrole nitrogens is 1. The monoisotopic (exact) mass is 345 g/mol. The van der Waals surface area contributed by atoms with Gasteiger partial charge in [-0.25, -0.2) is 13.8 Å². The second kappa shape index (κ2) is 6.51. The van der Waals surface area contributed by atoms with Crippen LogP contribution in [0.1, 0.15) is 21.6 Å². The third-order valence-corrected chi connectivity index (χ3v) is 3.48. The fraction of sp³-hybridized carbons (Fsp3) is 0.133. The Kier molecular flexibility index (Phi) is 4.25. The average molecular weight is 345 g/mol. The lowest BCUT2D eigenvalue weighted by atomic mass is 10.2. The van der Waals surface area contributed by atoms with Crippen molar-refractivity contribution in [1.29, 1.82) is 0 Å². The lowest BCUT2D eigenvalue weighted by Gasteiger charge is -2.08. The number of hydrogen-bond acceptors (Lipinski definition) is 6. The molecule has 0 saturated carbocycles. The average Bonchev–Trinajstić information content (AvgIpc) is 2.98. The highest BCUT2D eigenvalue weighted by Crippen LogP contribution is 2.09. The minimum absolute atomic E-state index is 0.0521. The van der Waals surface area contributed by atoms with E-state index in [0.29, 0.717) is 5.69 Å². The van der Waals surface area contributed by atoms with Crippen molar-refractivity contribution < 1.29 is 13.8 Å². The molecule has 0 fully saturated rings. The molecule has 2 aromatic heterocycles. The molecule has 10 heteroatoms. The molecule has 0 atom stereocenters. The molecule has 0 aliphatic carbocycles. The van der Waals surface area contributed by atoms with Gasteiger partial charge in [0.05, 0.1) is 6.54 Å². The van der Waals surface area contributed by atoms with Crippen molar-refractivity contribution in [2.45, 2.75) is 13.5 Å². The van der Waals surface area contributed by atoms with Gasteiger partial charge in [0.25, 0.3) is 11.5 Å². The predicted octanol–water partition coefficient (Wildman–Crippen LogP) is 0.668. The van der Waals surface area contributed by atoms with Crippen LogP contribution in [0.3, 0.4) is 0 Å². The fourth-order valence-electron chi connectivity index (χ4n) is 2.13. The van der Waals surface area contributed by atoms with Gasteiger partial charge in [0.15, 0.2) is 0 Å². The molecule has 0 aliphatic rings. The number of aromatic amines is 1. The molecule has 25 heavy (non-hydrogen) atoms. The van der Waals surface area contributed by atoms with Crippen molar-refractivity contribution in [1.82, 2.24) is 19.9 Å². The summed E-state index contributed by atoms with van der Waals surface area (Å²) in [5, 5.41) is 9.33. The number of nitrogens with zero attached hydrogens (tertiary/aromatic N) is 3. The summed E-state index contributed by atoms with van der Waals surface area (Å²) in [7, 11) is 0. The quantitative estimate of drug-likeness (QED) is 0.716. The predicted molar refractivity (Wildman–Crippen MR) is 83.8 cm³/mol. The molecule has 0 spiro atoms. The van der Waals surface area contributed by atoms with Gasteiger partial charge in [-0.3, -0.25) is 14.2 Å². The standard InChI is InChI=1S/C15H12FN5O4/c1-8-12(20-25-19-8)18-13(22)10-6-17-15(24)21(14(10)23)7-9-4-2-3-5-11(9)16/h2-6H,7H2,1H3,(H,17,24)(H,18,20,22). The highest BCUT2D eigenvalue weighted by atomic mass is 19.1. The number of halogens is 1. The SMILES string of the molecule is Cc1nonc1NC(=O)c1c[nH]c(=O)n(Cc2ccccc2F)c1=O. The number of carbonyl (C=O) groups excluding carboxylic acids is 1.